The molecule has 1 aromatic carbocycles. The molecule has 6 nitrogen and oxygen atoms in total. The summed E-state index contributed by atoms with van der Waals surface area (Å²) in [6.07, 6.45) is 2.98. The fourth-order valence-corrected chi connectivity index (χ4v) is 1.46. The zero-order valence-corrected chi connectivity index (χ0v) is 9.93. The first-order valence-electron chi connectivity index (χ1n) is 5.45. The van der Waals surface area contributed by atoms with Crippen LogP contribution in [0.25, 0.3) is 0 Å². The lowest BCUT2D eigenvalue weighted by atomic mass is 10.3. The van der Waals surface area contributed by atoms with E-state index in [-0.39, 0.29) is 0 Å². The highest BCUT2D eigenvalue weighted by atomic mass is 16.5. The van der Waals surface area contributed by atoms with Gasteiger partial charge in [-0.3, -0.25) is 5.32 Å². The van der Waals surface area contributed by atoms with Gasteiger partial charge in [0.05, 0.1) is 13.7 Å². The molecule has 6 heteroatoms. The van der Waals surface area contributed by atoms with E-state index in [0.717, 1.165) is 11.5 Å². The number of anilines is 2. The molecule has 2 rings (SSSR count). The predicted molar refractivity (Wildman–Crippen MR) is 68.4 cm³/mol. The van der Waals surface area contributed by atoms with Crippen LogP contribution in [-0.2, 0) is 11.3 Å². The van der Waals surface area contributed by atoms with Crippen LogP contribution in [-0.4, -0.2) is 23.2 Å². The minimum absolute atomic E-state index is 0.488. The number of H-pyrrole nitrogens is 1. The largest absolute Gasteiger partial charge is 0.453 e. The molecule has 0 saturated carbocycles. The summed E-state index contributed by atoms with van der Waals surface area (Å²) in [5, 5.41) is 5.79. The Morgan fingerprint density at radius 3 is 3.00 bits per heavy atom. The Kier molecular flexibility index (Phi) is 3.80. The van der Waals surface area contributed by atoms with E-state index in [1.54, 1.807) is 18.5 Å². The van der Waals surface area contributed by atoms with E-state index < -0.39 is 6.09 Å². The third-order valence-electron chi connectivity index (χ3n) is 2.31. The van der Waals surface area contributed by atoms with E-state index in [4.69, 9.17) is 0 Å². The summed E-state index contributed by atoms with van der Waals surface area (Å²) in [7, 11) is 1.33. The molecule has 1 amide bonds. The summed E-state index contributed by atoms with van der Waals surface area (Å²) in [5.74, 6) is 0.848. The number of hydrogen-bond acceptors (Lipinski definition) is 4. The van der Waals surface area contributed by atoms with Crippen molar-refractivity contribution in [3.63, 3.8) is 0 Å². The van der Waals surface area contributed by atoms with Crippen LogP contribution in [0.4, 0.5) is 16.2 Å². The molecule has 2 aromatic rings. The third kappa shape index (κ3) is 3.24. The number of benzene rings is 1. The van der Waals surface area contributed by atoms with Gasteiger partial charge in [0.25, 0.3) is 0 Å². The summed E-state index contributed by atoms with van der Waals surface area (Å²) >= 11 is 0. The van der Waals surface area contributed by atoms with E-state index in [1.165, 1.54) is 7.11 Å². The average Bonchev–Trinajstić information content (AvgIpc) is 2.90. The Morgan fingerprint density at radius 2 is 2.28 bits per heavy atom. The molecule has 0 spiro atoms. The van der Waals surface area contributed by atoms with Gasteiger partial charge in [-0.1, -0.05) is 6.07 Å². The highest BCUT2D eigenvalue weighted by Gasteiger charge is 2.01. The molecule has 0 aliphatic heterocycles. The van der Waals surface area contributed by atoms with Crippen molar-refractivity contribution in [2.75, 3.05) is 17.7 Å². The van der Waals surface area contributed by atoms with Crippen LogP contribution in [0.3, 0.4) is 0 Å². The molecule has 1 heterocycles. The summed E-state index contributed by atoms with van der Waals surface area (Å²) in [6.45, 7) is 0.592. The molecule has 0 fully saturated rings. The quantitative estimate of drug-likeness (QED) is 0.772. The molecule has 0 saturated heterocycles. The van der Waals surface area contributed by atoms with Gasteiger partial charge in [0.2, 0.25) is 0 Å². The summed E-state index contributed by atoms with van der Waals surface area (Å²) < 4.78 is 4.53. The van der Waals surface area contributed by atoms with Crippen molar-refractivity contribution < 1.29 is 9.53 Å². The molecular formula is C12H14N4O2. The smallest absolute Gasteiger partial charge is 0.411 e. The average molecular weight is 246 g/mol. The van der Waals surface area contributed by atoms with Crippen LogP contribution in [0.15, 0.2) is 36.7 Å². The lowest BCUT2D eigenvalue weighted by molar-refractivity contribution is 0.187. The number of ether oxygens (including phenoxy) is 1. The van der Waals surface area contributed by atoms with Gasteiger partial charge in [-0.05, 0) is 18.2 Å². The molecular weight excluding hydrogens is 232 g/mol. The van der Waals surface area contributed by atoms with Gasteiger partial charge in [-0.2, -0.15) is 0 Å². The van der Waals surface area contributed by atoms with Gasteiger partial charge in [0.1, 0.15) is 5.82 Å². The van der Waals surface area contributed by atoms with Gasteiger partial charge in [-0.25, -0.2) is 9.78 Å². The molecule has 0 aliphatic carbocycles. The van der Waals surface area contributed by atoms with E-state index in [1.807, 2.05) is 18.2 Å². The number of amides is 1. The number of carbonyl (C=O) groups excluding carboxylic acids is 1. The molecule has 0 bridgehead atoms. The summed E-state index contributed by atoms with van der Waals surface area (Å²) in [4.78, 5) is 18.2. The second-order valence-electron chi connectivity index (χ2n) is 3.59. The summed E-state index contributed by atoms with van der Waals surface area (Å²) in [5.41, 5.74) is 1.56. The molecule has 94 valence electrons. The summed E-state index contributed by atoms with van der Waals surface area (Å²) in [6, 6.07) is 7.36. The lowest BCUT2D eigenvalue weighted by Crippen LogP contribution is -2.11. The monoisotopic (exact) mass is 246 g/mol. The number of hydrogen-bond donors (Lipinski definition) is 3. The first kappa shape index (κ1) is 12.0. The first-order chi connectivity index (χ1) is 8.78. The van der Waals surface area contributed by atoms with Crippen molar-refractivity contribution in [3.05, 3.63) is 42.5 Å². The maximum absolute atomic E-state index is 11.1. The van der Waals surface area contributed by atoms with Crippen molar-refractivity contribution >= 4 is 17.5 Å². The van der Waals surface area contributed by atoms with Crippen LogP contribution in [0.2, 0.25) is 0 Å². The van der Waals surface area contributed by atoms with Crippen LogP contribution < -0.4 is 10.6 Å². The molecule has 0 radical (unpaired) electrons. The lowest BCUT2D eigenvalue weighted by Gasteiger charge is -2.07. The van der Waals surface area contributed by atoms with Gasteiger partial charge in [0, 0.05) is 23.8 Å². The molecule has 0 atom stereocenters. The molecule has 18 heavy (non-hydrogen) atoms. The molecule has 0 unspecified atom stereocenters. The van der Waals surface area contributed by atoms with E-state index in [9.17, 15) is 4.79 Å². The molecule has 3 N–H and O–H groups in total. The number of rotatable bonds is 4. The van der Waals surface area contributed by atoms with Crippen molar-refractivity contribution in [1.82, 2.24) is 9.97 Å². The maximum atomic E-state index is 11.1. The Hall–Kier alpha value is -2.50. The number of imidazole rings is 1. The fraction of sp³-hybridized carbons (Fsp3) is 0.167. The third-order valence-corrected chi connectivity index (χ3v) is 2.31. The Balaban J connectivity index is 1.96. The maximum Gasteiger partial charge on any atom is 0.411 e. The Bertz CT molecular complexity index is 511. The minimum atomic E-state index is -0.488. The number of aromatic nitrogens is 2. The topological polar surface area (TPSA) is 79.0 Å². The van der Waals surface area contributed by atoms with E-state index in [0.29, 0.717) is 12.2 Å². The van der Waals surface area contributed by atoms with Crippen molar-refractivity contribution in [2.45, 2.75) is 6.54 Å². The van der Waals surface area contributed by atoms with Crippen LogP contribution in [0.1, 0.15) is 5.82 Å². The van der Waals surface area contributed by atoms with Crippen molar-refractivity contribution in [3.8, 4) is 0 Å². The second kappa shape index (κ2) is 5.72. The number of nitrogens with one attached hydrogen (secondary N) is 3. The van der Waals surface area contributed by atoms with E-state index in [2.05, 4.69) is 25.3 Å². The first-order valence-corrected chi connectivity index (χ1v) is 5.45. The standard InChI is InChI=1S/C12H14N4O2/c1-18-12(17)16-10-4-2-3-9(7-10)15-8-11-13-5-6-14-11/h2-7,15H,8H2,1H3,(H,13,14)(H,16,17). The number of carbonyl (C=O) groups is 1. The van der Waals surface area contributed by atoms with E-state index >= 15 is 0 Å². The second-order valence-corrected chi connectivity index (χ2v) is 3.59. The van der Waals surface area contributed by atoms with Gasteiger partial charge in [-0.15, -0.1) is 0 Å². The highest BCUT2D eigenvalue weighted by molar-refractivity contribution is 5.85. The highest BCUT2D eigenvalue weighted by Crippen LogP contribution is 2.15. The number of nitrogens with zero attached hydrogens (tertiary/aromatic N) is 1. The predicted octanol–water partition coefficient (Wildman–Crippen LogP) is 2.20. The van der Waals surface area contributed by atoms with Crippen molar-refractivity contribution in [1.29, 1.82) is 0 Å². The van der Waals surface area contributed by atoms with Gasteiger partial charge >= 0.3 is 6.09 Å². The van der Waals surface area contributed by atoms with Crippen LogP contribution in [0.5, 0.6) is 0 Å². The molecule has 1 aromatic heterocycles. The SMILES string of the molecule is COC(=O)Nc1cccc(NCc2ncc[nH]2)c1. The van der Waals surface area contributed by atoms with Crippen molar-refractivity contribution in [2.24, 2.45) is 0 Å². The Labute approximate surface area is 104 Å². The zero-order valence-electron chi connectivity index (χ0n) is 9.93. The van der Waals surface area contributed by atoms with Crippen LogP contribution in [0, 0.1) is 0 Å². The number of aromatic amines is 1. The fourth-order valence-electron chi connectivity index (χ4n) is 1.46. The van der Waals surface area contributed by atoms with Gasteiger partial charge in [0.15, 0.2) is 0 Å². The number of methoxy groups -OCH3 is 1. The normalized spacial score (nSPS) is 9.83. The van der Waals surface area contributed by atoms with Gasteiger partial charge < -0.3 is 15.0 Å². The Morgan fingerprint density at radius 1 is 1.44 bits per heavy atom. The minimum Gasteiger partial charge on any atom is -0.453 e. The molecule has 0 aliphatic rings. The zero-order chi connectivity index (χ0) is 12.8. The van der Waals surface area contributed by atoms with Crippen LogP contribution >= 0.6 is 0 Å².